The number of methoxy groups -OCH3 is 1. The Morgan fingerprint density at radius 3 is 2.10 bits per heavy atom. The van der Waals surface area contributed by atoms with Crippen molar-refractivity contribution in [1.82, 2.24) is 0 Å². The van der Waals surface area contributed by atoms with Crippen LogP contribution in [0.1, 0.15) is 76.7 Å². The van der Waals surface area contributed by atoms with Crippen LogP contribution in [0.2, 0.25) is 0 Å². The third-order valence-corrected chi connectivity index (χ3v) is 8.07. The van der Waals surface area contributed by atoms with E-state index in [9.17, 15) is 0 Å². The van der Waals surface area contributed by atoms with E-state index in [0.29, 0.717) is 5.92 Å². The van der Waals surface area contributed by atoms with E-state index in [4.69, 9.17) is 4.74 Å². The molecule has 1 nitrogen and oxygen atoms in total. The van der Waals surface area contributed by atoms with E-state index in [1.165, 1.54) is 67.7 Å². The molecular formula is C28H38O. The molecule has 2 saturated carbocycles. The van der Waals surface area contributed by atoms with Crippen molar-refractivity contribution in [3.05, 3.63) is 54.1 Å². The Morgan fingerprint density at radius 2 is 1.45 bits per heavy atom. The van der Waals surface area contributed by atoms with Crippen molar-refractivity contribution in [2.24, 2.45) is 23.7 Å². The zero-order valence-corrected chi connectivity index (χ0v) is 18.6. The number of benzene rings is 2. The Kier molecular flexibility index (Phi) is 6.63. The van der Waals surface area contributed by atoms with Gasteiger partial charge in [-0.3, -0.25) is 0 Å². The Hall–Kier alpha value is -1.76. The summed E-state index contributed by atoms with van der Waals surface area (Å²) in [5.41, 5.74) is 1.51. The van der Waals surface area contributed by atoms with Crippen LogP contribution < -0.4 is 4.74 Å². The van der Waals surface area contributed by atoms with E-state index in [-0.39, 0.29) is 0 Å². The van der Waals surface area contributed by atoms with Gasteiger partial charge in [0.05, 0.1) is 7.11 Å². The maximum atomic E-state index is 5.37. The monoisotopic (exact) mass is 390 g/mol. The molecule has 0 N–H and O–H groups in total. The van der Waals surface area contributed by atoms with Crippen LogP contribution in [0, 0.1) is 23.7 Å². The first-order chi connectivity index (χ1) is 14.2. The summed E-state index contributed by atoms with van der Waals surface area (Å²) in [6, 6.07) is 13.5. The van der Waals surface area contributed by atoms with Crippen molar-refractivity contribution in [3.63, 3.8) is 0 Å². The molecule has 0 bridgehead atoms. The van der Waals surface area contributed by atoms with Gasteiger partial charge in [0.1, 0.15) is 5.75 Å². The molecule has 2 aliphatic rings. The predicted octanol–water partition coefficient (Wildman–Crippen LogP) is 8.14. The standard InChI is InChI=1S/C28H38O/c1-4-5-21-6-8-23(9-7-21)24-12-10-22(11-13-24)20(2)25-14-15-27-19-28(29-3)17-16-26(27)18-25/h4-5,14-24H,6-13H2,1-3H3/b5-4+. The van der Waals surface area contributed by atoms with Gasteiger partial charge >= 0.3 is 0 Å². The lowest BCUT2D eigenvalue weighted by Gasteiger charge is -2.39. The molecule has 0 heterocycles. The van der Waals surface area contributed by atoms with Crippen LogP contribution >= 0.6 is 0 Å². The molecule has 2 aromatic rings. The lowest BCUT2D eigenvalue weighted by Crippen LogP contribution is -2.27. The van der Waals surface area contributed by atoms with Crippen molar-refractivity contribution in [1.29, 1.82) is 0 Å². The SMILES string of the molecule is C/C=C/C1CCC(C2CCC(C(C)c3ccc4cc(OC)ccc4c3)CC2)CC1. The molecule has 0 radical (unpaired) electrons. The molecule has 0 amide bonds. The Bertz CT molecular complexity index is 819. The van der Waals surface area contributed by atoms with Gasteiger partial charge in [0.25, 0.3) is 0 Å². The number of rotatable bonds is 5. The van der Waals surface area contributed by atoms with Crippen molar-refractivity contribution in [3.8, 4) is 5.75 Å². The summed E-state index contributed by atoms with van der Waals surface area (Å²) in [6.07, 6.45) is 16.2. The Morgan fingerprint density at radius 1 is 0.828 bits per heavy atom. The van der Waals surface area contributed by atoms with Crippen molar-refractivity contribution in [2.45, 2.75) is 71.1 Å². The minimum absolute atomic E-state index is 0.660. The zero-order valence-electron chi connectivity index (χ0n) is 18.6. The highest BCUT2D eigenvalue weighted by atomic mass is 16.5. The maximum absolute atomic E-state index is 5.37. The maximum Gasteiger partial charge on any atom is 0.119 e. The molecule has 4 rings (SSSR count). The highest BCUT2D eigenvalue weighted by molar-refractivity contribution is 5.84. The van der Waals surface area contributed by atoms with Gasteiger partial charge in [-0.05, 0) is 116 Å². The van der Waals surface area contributed by atoms with E-state index in [1.807, 2.05) is 0 Å². The molecule has 2 aliphatic carbocycles. The van der Waals surface area contributed by atoms with Gasteiger partial charge in [0, 0.05) is 0 Å². The summed E-state index contributed by atoms with van der Waals surface area (Å²) in [5.74, 6) is 5.31. The smallest absolute Gasteiger partial charge is 0.119 e. The largest absolute Gasteiger partial charge is 0.497 e. The van der Waals surface area contributed by atoms with Crippen LogP contribution in [-0.2, 0) is 0 Å². The zero-order chi connectivity index (χ0) is 20.2. The fraction of sp³-hybridized carbons (Fsp3) is 0.571. The van der Waals surface area contributed by atoms with Gasteiger partial charge in [-0.1, -0.05) is 43.3 Å². The average molecular weight is 391 g/mol. The van der Waals surface area contributed by atoms with Crippen LogP contribution in [0.4, 0.5) is 0 Å². The minimum atomic E-state index is 0.660. The van der Waals surface area contributed by atoms with Crippen LogP contribution in [0.25, 0.3) is 10.8 Å². The van der Waals surface area contributed by atoms with Gasteiger partial charge in [0.2, 0.25) is 0 Å². The summed E-state index contributed by atoms with van der Waals surface area (Å²) in [7, 11) is 1.74. The first-order valence-electron chi connectivity index (χ1n) is 11.9. The van der Waals surface area contributed by atoms with Crippen LogP contribution in [0.15, 0.2) is 48.6 Å². The topological polar surface area (TPSA) is 9.23 Å². The number of hydrogen-bond acceptors (Lipinski definition) is 1. The minimum Gasteiger partial charge on any atom is -0.497 e. The number of allylic oxidation sites excluding steroid dienone is 2. The lowest BCUT2D eigenvalue weighted by molar-refractivity contribution is 0.148. The lowest BCUT2D eigenvalue weighted by atomic mass is 9.67. The van der Waals surface area contributed by atoms with Crippen molar-refractivity contribution >= 4 is 10.8 Å². The summed E-state index contributed by atoms with van der Waals surface area (Å²) in [4.78, 5) is 0. The third-order valence-electron chi connectivity index (χ3n) is 8.07. The van der Waals surface area contributed by atoms with Crippen LogP contribution in [0.5, 0.6) is 5.75 Å². The summed E-state index contributed by atoms with van der Waals surface area (Å²) in [5, 5.41) is 2.61. The van der Waals surface area contributed by atoms with Crippen molar-refractivity contribution in [2.75, 3.05) is 7.11 Å². The van der Waals surface area contributed by atoms with E-state index < -0.39 is 0 Å². The Balaban J connectivity index is 1.34. The van der Waals surface area contributed by atoms with E-state index in [2.05, 4.69) is 62.4 Å². The molecule has 1 unspecified atom stereocenters. The van der Waals surface area contributed by atoms with Crippen molar-refractivity contribution < 1.29 is 4.74 Å². The quantitative estimate of drug-likeness (QED) is 0.468. The third kappa shape index (κ3) is 4.71. The molecule has 0 spiro atoms. The summed E-state index contributed by atoms with van der Waals surface area (Å²) in [6.45, 7) is 4.62. The molecule has 2 fully saturated rings. The molecule has 0 aromatic heterocycles. The second-order valence-electron chi connectivity index (χ2n) is 9.64. The van der Waals surface area contributed by atoms with Gasteiger partial charge in [0.15, 0.2) is 0 Å². The highest BCUT2D eigenvalue weighted by Crippen LogP contribution is 2.45. The number of ether oxygens (including phenoxy) is 1. The molecule has 156 valence electrons. The van der Waals surface area contributed by atoms with Gasteiger partial charge in [-0.15, -0.1) is 0 Å². The molecule has 0 aliphatic heterocycles. The molecule has 0 saturated heterocycles. The second kappa shape index (κ2) is 9.37. The molecule has 1 heteroatoms. The molecule has 1 atom stereocenters. The highest BCUT2D eigenvalue weighted by Gasteiger charge is 2.32. The first kappa shape index (κ1) is 20.5. The number of hydrogen-bond donors (Lipinski definition) is 0. The van der Waals surface area contributed by atoms with E-state index in [0.717, 1.165) is 29.4 Å². The van der Waals surface area contributed by atoms with Gasteiger partial charge in [-0.25, -0.2) is 0 Å². The van der Waals surface area contributed by atoms with E-state index in [1.54, 1.807) is 7.11 Å². The fourth-order valence-electron chi connectivity index (χ4n) is 6.12. The normalized spacial score (nSPS) is 29.2. The fourth-order valence-corrected chi connectivity index (χ4v) is 6.12. The second-order valence-corrected chi connectivity index (χ2v) is 9.64. The Labute approximate surface area is 177 Å². The molecule has 2 aromatic carbocycles. The van der Waals surface area contributed by atoms with Gasteiger partial charge < -0.3 is 4.74 Å². The van der Waals surface area contributed by atoms with Crippen LogP contribution in [0.3, 0.4) is 0 Å². The predicted molar refractivity (Wildman–Crippen MR) is 125 cm³/mol. The summed E-state index contributed by atoms with van der Waals surface area (Å²) < 4.78 is 5.37. The van der Waals surface area contributed by atoms with Crippen LogP contribution in [-0.4, -0.2) is 7.11 Å². The van der Waals surface area contributed by atoms with Gasteiger partial charge in [-0.2, -0.15) is 0 Å². The molecule has 29 heavy (non-hydrogen) atoms. The molecular weight excluding hydrogens is 352 g/mol. The average Bonchev–Trinajstić information content (AvgIpc) is 2.79. The summed E-state index contributed by atoms with van der Waals surface area (Å²) >= 11 is 0. The number of fused-ring (bicyclic) bond motifs is 1. The van der Waals surface area contributed by atoms with E-state index >= 15 is 0 Å². The first-order valence-corrected chi connectivity index (χ1v) is 11.9.